The fourth-order valence-electron chi connectivity index (χ4n) is 7.24. The first-order valence-corrected chi connectivity index (χ1v) is 12.6. The lowest BCUT2D eigenvalue weighted by Crippen LogP contribution is -2.37. The van der Waals surface area contributed by atoms with Gasteiger partial charge in [-0.2, -0.15) is 0 Å². The summed E-state index contributed by atoms with van der Waals surface area (Å²) in [5.41, 5.74) is 16.5. The molecular weight excluding hydrogens is 422 g/mol. The zero-order chi connectivity index (χ0) is 23.1. The van der Waals surface area contributed by atoms with Gasteiger partial charge in [0.15, 0.2) is 0 Å². The van der Waals surface area contributed by atoms with Gasteiger partial charge < -0.3 is 4.90 Å². The lowest BCUT2D eigenvalue weighted by molar-refractivity contribution is 0.739. The highest BCUT2D eigenvalue weighted by Crippen LogP contribution is 2.64. The minimum Gasteiger partial charge on any atom is -0.341 e. The molecule has 3 aliphatic rings. The SMILES string of the molecule is CCN1c2ccccc2C2(c3ccccc3-c3c2ccc2c3-c3ccccc3C2)c2ccccc21. The number of hydrogen-bond acceptors (Lipinski definition) is 1. The number of benzene rings is 5. The predicted octanol–water partition coefficient (Wildman–Crippen LogP) is 8.09. The maximum Gasteiger partial charge on any atom is 0.0754 e. The number of fused-ring (bicyclic) bond motifs is 13. The molecule has 2 aliphatic carbocycles. The molecule has 0 atom stereocenters. The molecular formula is C34H25N. The molecule has 1 heteroatoms. The Morgan fingerprint density at radius 1 is 0.543 bits per heavy atom. The number of para-hydroxylation sites is 2. The van der Waals surface area contributed by atoms with Gasteiger partial charge in [0.1, 0.15) is 0 Å². The van der Waals surface area contributed by atoms with E-state index in [-0.39, 0.29) is 5.41 Å². The van der Waals surface area contributed by atoms with E-state index in [2.05, 4.69) is 121 Å². The zero-order valence-electron chi connectivity index (χ0n) is 19.8. The number of anilines is 2. The van der Waals surface area contributed by atoms with E-state index in [4.69, 9.17) is 0 Å². The van der Waals surface area contributed by atoms with Crippen LogP contribution in [0.2, 0.25) is 0 Å². The van der Waals surface area contributed by atoms with Gasteiger partial charge >= 0.3 is 0 Å². The molecule has 8 rings (SSSR count). The second-order valence-electron chi connectivity index (χ2n) is 9.93. The molecule has 1 aliphatic heterocycles. The van der Waals surface area contributed by atoms with Gasteiger partial charge in [0.25, 0.3) is 0 Å². The van der Waals surface area contributed by atoms with Gasteiger partial charge in [0, 0.05) is 17.9 Å². The van der Waals surface area contributed by atoms with Gasteiger partial charge in [-0.05, 0) is 81.1 Å². The van der Waals surface area contributed by atoms with Crippen LogP contribution in [0.3, 0.4) is 0 Å². The molecule has 0 bridgehead atoms. The Morgan fingerprint density at radius 3 is 1.86 bits per heavy atom. The molecule has 1 spiro atoms. The average Bonchev–Trinajstić information content (AvgIpc) is 3.43. The molecule has 0 saturated heterocycles. The summed E-state index contributed by atoms with van der Waals surface area (Å²) in [5.74, 6) is 0. The van der Waals surface area contributed by atoms with Crippen LogP contribution in [0.1, 0.15) is 40.3 Å². The van der Waals surface area contributed by atoms with Crippen molar-refractivity contribution in [3.05, 3.63) is 143 Å². The van der Waals surface area contributed by atoms with Crippen molar-refractivity contribution in [2.75, 3.05) is 11.4 Å². The summed E-state index contributed by atoms with van der Waals surface area (Å²) in [6.07, 6.45) is 1.02. The van der Waals surface area contributed by atoms with Crippen LogP contribution in [0.5, 0.6) is 0 Å². The highest BCUT2D eigenvalue weighted by atomic mass is 15.1. The summed E-state index contributed by atoms with van der Waals surface area (Å²) < 4.78 is 0. The summed E-state index contributed by atoms with van der Waals surface area (Å²) in [5, 5.41) is 0. The largest absolute Gasteiger partial charge is 0.341 e. The molecule has 35 heavy (non-hydrogen) atoms. The standard InChI is InChI=1S/C34H25N/c1-2-35-30-17-9-7-15-27(30)34(28-16-8-10-18-31(28)35)26-14-6-5-13-25(26)33-29(34)20-19-23-21-22-11-3-4-12-24(22)32(23)33/h3-20H,2,21H2,1H3. The minimum atomic E-state index is -0.322. The van der Waals surface area contributed by atoms with Crippen molar-refractivity contribution >= 4 is 11.4 Å². The van der Waals surface area contributed by atoms with E-state index < -0.39 is 0 Å². The molecule has 1 nitrogen and oxygen atoms in total. The third kappa shape index (κ3) is 2.20. The second kappa shape index (κ2) is 6.73. The third-order valence-electron chi connectivity index (χ3n) is 8.48. The number of rotatable bonds is 1. The van der Waals surface area contributed by atoms with Crippen LogP contribution in [-0.2, 0) is 11.8 Å². The van der Waals surface area contributed by atoms with Crippen molar-refractivity contribution in [3.8, 4) is 22.3 Å². The van der Waals surface area contributed by atoms with E-state index in [9.17, 15) is 0 Å². The van der Waals surface area contributed by atoms with Gasteiger partial charge in [-0.25, -0.2) is 0 Å². The summed E-state index contributed by atoms with van der Waals surface area (Å²) >= 11 is 0. The van der Waals surface area contributed by atoms with E-state index in [1.165, 1.54) is 67.0 Å². The van der Waals surface area contributed by atoms with Crippen molar-refractivity contribution < 1.29 is 0 Å². The van der Waals surface area contributed by atoms with Crippen LogP contribution < -0.4 is 4.90 Å². The van der Waals surface area contributed by atoms with E-state index >= 15 is 0 Å². The van der Waals surface area contributed by atoms with Crippen LogP contribution in [0.25, 0.3) is 22.3 Å². The number of nitrogens with zero attached hydrogens (tertiary/aromatic N) is 1. The highest BCUT2D eigenvalue weighted by molar-refractivity contribution is 6.01. The van der Waals surface area contributed by atoms with E-state index in [1.54, 1.807) is 0 Å². The molecule has 0 aromatic heterocycles. The molecule has 0 N–H and O–H groups in total. The van der Waals surface area contributed by atoms with Crippen LogP contribution in [0, 0.1) is 0 Å². The normalized spacial score (nSPS) is 15.2. The molecule has 166 valence electrons. The Hall–Kier alpha value is -4.10. The fourth-order valence-corrected chi connectivity index (χ4v) is 7.24. The Labute approximate surface area is 206 Å². The zero-order valence-corrected chi connectivity index (χ0v) is 19.8. The van der Waals surface area contributed by atoms with Crippen LogP contribution in [0.4, 0.5) is 11.4 Å². The second-order valence-corrected chi connectivity index (χ2v) is 9.93. The predicted molar refractivity (Wildman–Crippen MR) is 145 cm³/mol. The van der Waals surface area contributed by atoms with Gasteiger partial charge in [-0.1, -0.05) is 97.1 Å². The Kier molecular flexibility index (Phi) is 3.70. The Balaban J connectivity index is 1.58. The fraction of sp³-hybridized carbons (Fsp3) is 0.118. The van der Waals surface area contributed by atoms with Gasteiger partial charge in [0.05, 0.1) is 5.41 Å². The van der Waals surface area contributed by atoms with Crippen LogP contribution in [-0.4, -0.2) is 6.54 Å². The first kappa shape index (κ1) is 19.2. The lowest BCUT2D eigenvalue weighted by Gasteiger charge is -2.44. The monoisotopic (exact) mass is 447 g/mol. The molecule has 0 saturated carbocycles. The Bertz CT molecular complexity index is 1630. The molecule has 0 radical (unpaired) electrons. The highest BCUT2D eigenvalue weighted by Gasteiger charge is 2.52. The first-order chi connectivity index (χ1) is 17.3. The molecule has 0 unspecified atom stereocenters. The third-order valence-corrected chi connectivity index (χ3v) is 8.48. The van der Waals surface area contributed by atoms with Crippen molar-refractivity contribution in [3.63, 3.8) is 0 Å². The topological polar surface area (TPSA) is 3.24 Å². The van der Waals surface area contributed by atoms with Crippen LogP contribution >= 0.6 is 0 Å². The minimum absolute atomic E-state index is 0.322. The van der Waals surface area contributed by atoms with Gasteiger partial charge in [-0.3, -0.25) is 0 Å². The summed E-state index contributed by atoms with van der Waals surface area (Å²) in [6.45, 7) is 3.20. The van der Waals surface area contributed by atoms with E-state index in [0.717, 1.165) is 13.0 Å². The Morgan fingerprint density at radius 2 is 1.14 bits per heavy atom. The van der Waals surface area contributed by atoms with E-state index in [0.29, 0.717) is 0 Å². The maximum atomic E-state index is 2.49. The average molecular weight is 448 g/mol. The first-order valence-electron chi connectivity index (χ1n) is 12.6. The maximum absolute atomic E-state index is 2.49. The molecule has 1 heterocycles. The molecule has 5 aromatic carbocycles. The van der Waals surface area contributed by atoms with E-state index in [1.807, 2.05) is 0 Å². The van der Waals surface area contributed by atoms with Crippen molar-refractivity contribution in [2.24, 2.45) is 0 Å². The van der Waals surface area contributed by atoms with Crippen molar-refractivity contribution in [2.45, 2.75) is 18.8 Å². The summed E-state index contributed by atoms with van der Waals surface area (Å²) in [7, 11) is 0. The van der Waals surface area contributed by atoms with Crippen molar-refractivity contribution in [1.29, 1.82) is 0 Å². The molecule has 0 amide bonds. The molecule has 5 aromatic rings. The van der Waals surface area contributed by atoms with Crippen LogP contribution in [0.15, 0.2) is 109 Å². The van der Waals surface area contributed by atoms with Gasteiger partial charge in [0.2, 0.25) is 0 Å². The van der Waals surface area contributed by atoms with Crippen molar-refractivity contribution in [1.82, 2.24) is 0 Å². The summed E-state index contributed by atoms with van der Waals surface area (Å²) in [6, 6.07) is 41.1. The lowest BCUT2D eigenvalue weighted by atomic mass is 9.64. The summed E-state index contributed by atoms with van der Waals surface area (Å²) in [4.78, 5) is 2.49. The number of hydrogen-bond donors (Lipinski definition) is 0. The smallest absolute Gasteiger partial charge is 0.0754 e. The quantitative estimate of drug-likeness (QED) is 0.246. The van der Waals surface area contributed by atoms with Gasteiger partial charge in [-0.15, -0.1) is 0 Å². The molecule has 0 fully saturated rings.